The molecule has 0 atom stereocenters. The third kappa shape index (κ3) is 4.07. The lowest BCUT2D eigenvalue weighted by Gasteiger charge is -2.23. The zero-order chi connectivity index (χ0) is 15.5. The number of rotatable bonds is 5. The van der Waals surface area contributed by atoms with E-state index in [1.165, 1.54) is 7.05 Å². The molecule has 114 valence electrons. The highest BCUT2D eigenvalue weighted by Crippen LogP contribution is 2.25. The molecule has 0 aliphatic carbocycles. The number of hydrogen-bond donors (Lipinski definition) is 1. The molecule has 0 radical (unpaired) electrons. The summed E-state index contributed by atoms with van der Waals surface area (Å²) in [7, 11) is 1.42. The summed E-state index contributed by atoms with van der Waals surface area (Å²) in [4.78, 5) is 5.55. The first-order chi connectivity index (χ1) is 9.90. The number of nitrogens with one attached hydrogen (secondary N) is 1. The van der Waals surface area contributed by atoms with Crippen molar-refractivity contribution < 1.29 is 13.2 Å². The lowest BCUT2D eigenvalue weighted by Crippen LogP contribution is -2.32. The number of hydrogen-bond acceptors (Lipinski definition) is 3. The highest BCUT2D eigenvalue weighted by molar-refractivity contribution is 5.81. The van der Waals surface area contributed by atoms with E-state index in [1.54, 1.807) is 6.07 Å². The number of fused-ring (bicyclic) bond motifs is 1. The molecule has 0 fully saturated rings. The van der Waals surface area contributed by atoms with Crippen molar-refractivity contribution in [3.63, 3.8) is 0 Å². The van der Waals surface area contributed by atoms with Crippen LogP contribution in [0.3, 0.4) is 0 Å². The Kier molecular flexibility index (Phi) is 4.67. The number of nitrogens with zero attached hydrogens (tertiary/aromatic N) is 2. The lowest BCUT2D eigenvalue weighted by molar-refractivity contribution is -0.119. The fourth-order valence-electron chi connectivity index (χ4n) is 2.21. The van der Waals surface area contributed by atoms with Crippen LogP contribution in [-0.2, 0) is 6.54 Å². The van der Waals surface area contributed by atoms with Crippen LogP contribution in [0.1, 0.15) is 12.5 Å². The summed E-state index contributed by atoms with van der Waals surface area (Å²) >= 11 is 0. The second kappa shape index (κ2) is 6.30. The molecule has 2 aromatic rings. The van der Waals surface area contributed by atoms with Crippen molar-refractivity contribution in [2.24, 2.45) is 0 Å². The Labute approximate surface area is 121 Å². The maximum Gasteiger partial charge on any atom is 0.405 e. The van der Waals surface area contributed by atoms with Crippen molar-refractivity contribution in [1.29, 1.82) is 0 Å². The van der Waals surface area contributed by atoms with Crippen LogP contribution in [0.4, 0.5) is 19.0 Å². The molecule has 6 heteroatoms. The Hall–Kier alpha value is -1.82. The molecule has 3 nitrogen and oxygen atoms in total. The van der Waals surface area contributed by atoms with E-state index in [4.69, 9.17) is 0 Å². The Morgan fingerprint density at radius 1 is 1.24 bits per heavy atom. The van der Waals surface area contributed by atoms with Crippen molar-refractivity contribution in [2.45, 2.75) is 19.6 Å². The van der Waals surface area contributed by atoms with Gasteiger partial charge in [0.05, 0.1) is 5.52 Å². The van der Waals surface area contributed by atoms with Gasteiger partial charge in [-0.2, -0.15) is 13.2 Å². The first-order valence-electron chi connectivity index (χ1n) is 6.78. The highest BCUT2D eigenvalue weighted by atomic mass is 19.4. The molecule has 0 aliphatic heterocycles. The van der Waals surface area contributed by atoms with Gasteiger partial charge in [0.2, 0.25) is 0 Å². The predicted molar refractivity (Wildman–Crippen MR) is 78.4 cm³/mol. The Morgan fingerprint density at radius 3 is 2.62 bits per heavy atom. The van der Waals surface area contributed by atoms with E-state index in [-0.39, 0.29) is 0 Å². The average Bonchev–Trinajstić information content (AvgIpc) is 2.42. The minimum absolute atomic E-state index is 0.368. The molecule has 1 aromatic carbocycles. The third-order valence-electron chi connectivity index (χ3n) is 3.12. The Balaban J connectivity index is 2.42. The average molecular weight is 297 g/mol. The van der Waals surface area contributed by atoms with E-state index in [0.717, 1.165) is 22.4 Å². The molecule has 0 spiro atoms. The van der Waals surface area contributed by atoms with Crippen LogP contribution in [-0.4, -0.2) is 31.3 Å². The summed E-state index contributed by atoms with van der Waals surface area (Å²) < 4.78 is 37.8. The van der Waals surface area contributed by atoms with Crippen LogP contribution >= 0.6 is 0 Å². The summed E-state index contributed by atoms with van der Waals surface area (Å²) in [6, 6.07) is 9.32. The van der Waals surface area contributed by atoms with Gasteiger partial charge in [0.25, 0.3) is 0 Å². The molecule has 1 aromatic heterocycles. The van der Waals surface area contributed by atoms with Crippen LogP contribution < -0.4 is 10.2 Å². The number of anilines is 1. The molecule has 0 saturated carbocycles. The van der Waals surface area contributed by atoms with Crippen molar-refractivity contribution >= 4 is 16.7 Å². The van der Waals surface area contributed by atoms with Gasteiger partial charge < -0.3 is 10.2 Å². The first kappa shape index (κ1) is 15.6. The van der Waals surface area contributed by atoms with Gasteiger partial charge in [-0.05, 0) is 18.7 Å². The smallest absolute Gasteiger partial charge is 0.350 e. The summed E-state index contributed by atoms with van der Waals surface area (Å²) in [5.74, 6) is 0.368. The van der Waals surface area contributed by atoms with Crippen LogP contribution in [0.15, 0.2) is 30.3 Å². The molecule has 0 aliphatic rings. The monoisotopic (exact) mass is 297 g/mol. The fourth-order valence-corrected chi connectivity index (χ4v) is 2.21. The summed E-state index contributed by atoms with van der Waals surface area (Å²) in [6.45, 7) is 2.17. The van der Waals surface area contributed by atoms with Crippen LogP contribution in [0.5, 0.6) is 0 Å². The van der Waals surface area contributed by atoms with E-state index in [0.29, 0.717) is 17.9 Å². The van der Waals surface area contributed by atoms with Crippen molar-refractivity contribution in [1.82, 2.24) is 10.3 Å². The number of para-hydroxylation sites is 1. The van der Waals surface area contributed by atoms with Gasteiger partial charge in [-0.15, -0.1) is 0 Å². The molecule has 0 amide bonds. The van der Waals surface area contributed by atoms with Crippen molar-refractivity contribution in [3.05, 3.63) is 35.9 Å². The van der Waals surface area contributed by atoms with E-state index in [9.17, 15) is 13.2 Å². The molecule has 0 saturated heterocycles. The number of alkyl halides is 3. The number of aromatic nitrogens is 1. The first-order valence-corrected chi connectivity index (χ1v) is 6.78. The van der Waals surface area contributed by atoms with Gasteiger partial charge in [-0.25, -0.2) is 4.98 Å². The quantitative estimate of drug-likeness (QED) is 0.917. The van der Waals surface area contributed by atoms with E-state index in [1.807, 2.05) is 31.2 Å². The van der Waals surface area contributed by atoms with Crippen molar-refractivity contribution in [3.8, 4) is 0 Å². The summed E-state index contributed by atoms with van der Waals surface area (Å²) in [6.07, 6.45) is -4.25. The highest BCUT2D eigenvalue weighted by Gasteiger charge is 2.30. The minimum atomic E-state index is -4.25. The maximum atomic E-state index is 12.6. The lowest BCUT2D eigenvalue weighted by atomic mass is 10.1. The number of benzene rings is 1. The van der Waals surface area contributed by atoms with Crippen LogP contribution in [0, 0.1) is 0 Å². The largest absolute Gasteiger partial charge is 0.405 e. The maximum absolute atomic E-state index is 12.6. The Bertz CT molecular complexity index is 611. The predicted octanol–water partition coefficient (Wildman–Crippen LogP) is 3.34. The fraction of sp³-hybridized carbons (Fsp3) is 0.400. The second-order valence-electron chi connectivity index (χ2n) is 4.92. The molecular formula is C15H18F3N3. The third-order valence-corrected chi connectivity index (χ3v) is 3.12. The molecule has 1 N–H and O–H groups in total. The van der Waals surface area contributed by atoms with Gasteiger partial charge >= 0.3 is 6.18 Å². The molecule has 2 rings (SSSR count). The summed E-state index contributed by atoms with van der Waals surface area (Å²) in [5, 5.41) is 4.06. The zero-order valence-electron chi connectivity index (χ0n) is 12.0. The molecular weight excluding hydrogens is 279 g/mol. The van der Waals surface area contributed by atoms with Gasteiger partial charge in [0.1, 0.15) is 12.4 Å². The van der Waals surface area contributed by atoms with Gasteiger partial charge in [0.15, 0.2) is 0 Å². The molecule has 0 bridgehead atoms. The zero-order valence-corrected chi connectivity index (χ0v) is 12.0. The normalized spacial score (nSPS) is 11.9. The molecule has 21 heavy (non-hydrogen) atoms. The SMILES string of the molecule is CCNCc1cc2ccccc2nc1N(C)CC(F)(F)F. The molecule has 0 unspecified atom stereocenters. The van der Waals surface area contributed by atoms with E-state index < -0.39 is 12.7 Å². The van der Waals surface area contributed by atoms with Gasteiger partial charge in [-0.1, -0.05) is 25.1 Å². The Morgan fingerprint density at radius 2 is 1.95 bits per heavy atom. The van der Waals surface area contributed by atoms with Crippen LogP contribution in [0.25, 0.3) is 10.9 Å². The second-order valence-corrected chi connectivity index (χ2v) is 4.92. The topological polar surface area (TPSA) is 28.2 Å². The summed E-state index contributed by atoms with van der Waals surface area (Å²) in [5.41, 5.74) is 1.46. The van der Waals surface area contributed by atoms with Crippen LogP contribution in [0.2, 0.25) is 0 Å². The van der Waals surface area contributed by atoms with Crippen molar-refractivity contribution in [2.75, 3.05) is 25.0 Å². The standard InChI is InChI=1S/C15H18F3N3/c1-3-19-9-12-8-11-6-4-5-7-13(11)20-14(12)21(2)10-15(16,17)18/h4-8,19H,3,9-10H2,1-2H3. The van der Waals surface area contributed by atoms with Gasteiger partial charge in [-0.3, -0.25) is 0 Å². The van der Waals surface area contributed by atoms with E-state index >= 15 is 0 Å². The minimum Gasteiger partial charge on any atom is -0.350 e. The van der Waals surface area contributed by atoms with Gasteiger partial charge in [0, 0.05) is 24.5 Å². The van der Waals surface area contributed by atoms with E-state index in [2.05, 4.69) is 10.3 Å². The number of halogens is 3. The number of pyridine rings is 1. The molecule has 1 heterocycles.